The number of hydrogen-bond acceptors (Lipinski definition) is 4. The number of hydrogen-bond donors (Lipinski definition) is 0. The van der Waals surface area contributed by atoms with Crippen molar-refractivity contribution in [3.63, 3.8) is 0 Å². The predicted molar refractivity (Wildman–Crippen MR) is 132 cm³/mol. The minimum atomic E-state index is 0.672. The summed E-state index contributed by atoms with van der Waals surface area (Å²) in [6.07, 6.45) is 4.64. The quantitative estimate of drug-likeness (QED) is 0.346. The highest BCUT2D eigenvalue weighted by molar-refractivity contribution is 5.89. The van der Waals surface area contributed by atoms with Gasteiger partial charge in [0.25, 0.3) is 0 Å². The van der Waals surface area contributed by atoms with E-state index in [4.69, 9.17) is 9.78 Å². The van der Waals surface area contributed by atoms with Crippen LogP contribution in [-0.2, 0) is 13.0 Å². The summed E-state index contributed by atoms with van der Waals surface area (Å²) in [5, 5.41) is 14.6. The smallest absolute Gasteiger partial charge is 0.170 e. The van der Waals surface area contributed by atoms with E-state index in [9.17, 15) is 0 Å². The maximum absolute atomic E-state index is 9.04. The molecule has 4 aromatic rings. The largest absolute Gasteiger partial charge is 0.356 e. The first-order valence-corrected chi connectivity index (χ1v) is 11.9. The molecule has 0 aliphatic carbocycles. The molecular weight excluding hydrogens is 406 g/mol. The first-order chi connectivity index (χ1) is 16.2. The van der Waals surface area contributed by atoms with E-state index in [1.165, 1.54) is 31.5 Å². The number of nitrogens with zero attached hydrogens (tertiary/aromatic N) is 3. The zero-order chi connectivity index (χ0) is 22.6. The minimum absolute atomic E-state index is 0.672. The van der Waals surface area contributed by atoms with Gasteiger partial charge in [-0.05, 0) is 86.5 Å². The second-order valence-electron chi connectivity index (χ2n) is 9.18. The van der Waals surface area contributed by atoms with Crippen LogP contribution in [-0.4, -0.2) is 23.1 Å². The van der Waals surface area contributed by atoms with Crippen LogP contribution in [0.15, 0.2) is 71.3 Å². The molecule has 0 N–H and O–H groups in total. The van der Waals surface area contributed by atoms with Gasteiger partial charge in [0.1, 0.15) is 0 Å². The van der Waals surface area contributed by atoms with Gasteiger partial charge in [-0.15, -0.1) is 0 Å². The van der Waals surface area contributed by atoms with Crippen molar-refractivity contribution in [1.82, 2.24) is 10.1 Å². The summed E-state index contributed by atoms with van der Waals surface area (Å²) in [6.45, 7) is 5.49. The number of rotatable bonds is 6. The highest BCUT2D eigenvalue weighted by Gasteiger charge is 2.21. The van der Waals surface area contributed by atoms with Crippen LogP contribution in [0.4, 0.5) is 0 Å². The molecule has 0 amide bonds. The maximum Gasteiger partial charge on any atom is 0.170 e. The lowest BCUT2D eigenvalue weighted by Gasteiger charge is -2.31. The molecule has 166 valence electrons. The number of aryl methyl sites for hydroxylation is 2. The third-order valence-electron chi connectivity index (χ3n) is 7.03. The lowest BCUT2D eigenvalue weighted by molar-refractivity contribution is 0.172. The summed E-state index contributed by atoms with van der Waals surface area (Å²) in [4.78, 5) is 2.57. The molecule has 0 atom stereocenters. The van der Waals surface area contributed by atoms with Gasteiger partial charge in [-0.2, -0.15) is 5.26 Å². The highest BCUT2D eigenvalue weighted by Crippen LogP contribution is 2.32. The van der Waals surface area contributed by atoms with Crippen LogP contribution in [0, 0.1) is 24.2 Å². The van der Waals surface area contributed by atoms with Crippen LogP contribution in [0.25, 0.3) is 22.1 Å². The molecule has 3 aromatic carbocycles. The molecule has 2 heterocycles. The molecule has 4 heteroatoms. The van der Waals surface area contributed by atoms with Crippen molar-refractivity contribution >= 4 is 11.0 Å². The van der Waals surface area contributed by atoms with Gasteiger partial charge in [-0.25, -0.2) is 0 Å². The fourth-order valence-electron chi connectivity index (χ4n) is 5.02. The van der Waals surface area contributed by atoms with Crippen molar-refractivity contribution in [2.45, 2.75) is 39.2 Å². The standard InChI is InChI=1S/C29H29N3O/c1-21-26(25-10-7-23(19-30)8-11-25)12-13-27-28(31-33-29(21)27)14-9-22-15-17-32(18-16-22)20-24-5-3-2-4-6-24/h2-8,10-13,22H,9,14-18,20H2,1H3. The summed E-state index contributed by atoms with van der Waals surface area (Å²) < 4.78 is 5.80. The Balaban J connectivity index is 1.21. The Bertz CT molecular complexity index is 1260. The normalized spacial score (nSPS) is 15.0. The Morgan fingerprint density at radius 2 is 1.76 bits per heavy atom. The lowest BCUT2D eigenvalue weighted by atomic mass is 9.90. The van der Waals surface area contributed by atoms with Gasteiger partial charge in [0.05, 0.1) is 17.3 Å². The zero-order valence-corrected chi connectivity index (χ0v) is 19.1. The molecule has 1 fully saturated rings. The van der Waals surface area contributed by atoms with Gasteiger partial charge >= 0.3 is 0 Å². The second-order valence-corrected chi connectivity index (χ2v) is 9.18. The molecule has 0 spiro atoms. The summed E-state index contributed by atoms with van der Waals surface area (Å²) in [6, 6.07) is 24.9. The van der Waals surface area contributed by atoms with Crippen LogP contribution >= 0.6 is 0 Å². The molecule has 1 aliphatic heterocycles. The minimum Gasteiger partial charge on any atom is -0.356 e. The van der Waals surface area contributed by atoms with E-state index in [0.717, 1.165) is 58.7 Å². The summed E-state index contributed by atoms with van der Waals surface area (Å²) in [5.74, 6) is 0.753. The van der Waals surface area contributed by atoms with E-state index in [0.29, 0.717) is 5.56 Å². The highest BCUT2D eigenvalue weighted by atomic mass is 16.5. The third-order valence-corrected chi connectivity index (χ3v) is 7.03. The Labute approximate surface area is 195 Å². The van der Waals surface area contributed by atoms with Gasteiger partial charge in [0.15, 0.2) is 5.58 Å². The van der Waals surface area contributed by atoms with Gasteiger partial charge < -0.3 is 4.52 Å². The molecular formula is C29H29N3O. The molecule has 33 heavy (non-hydrogen) atoms. The van der Waals surface area contributed by atoms with Gasteiger partial charge in [-0.3, -0.25) is 4.90 Å². The molecule has 1 aromatic heterocycles. The van der Waals surface area contributed by atoms with E-state index in [-0.39, 0.29) is 0 Å². The fourth-order valence-corrected chi connectivity index (χ4v) is 5.02. The molecule has 0 bridgehead atoms. The summed E-state index contributed by atoms with van der Waals surface area (Å²) >= 11 is 0. The third kappa shape index (κ3) is 4.69. The lowest BCUT2D eigenvalue weighted by Crippen LogP contribution is -2.33. The van der Waals surface area contributed by atoms with Gasteiger partial charge in [0.2, 0.25) is 0 Å². The van der Waals surface area contributed by atoms with Gasteiger partial charge in [0, 0.05) is 17.5 Å². The molecule has 4 nitrogen and oxygen atoms in total. The van der Waals surface area contributed by atoms with Crippen molar-refractivity contribution in [2.75, 3.05) is 13.1 Å². The number of aromatic nitrogens is 1. The fraction of sp³-hybridized carbons (Fsp3) is 0.310. The zero-order valence-electron chi connectivity index (χ0n) is 19.1. The Hall–Kier alpha value is -3.42. The molecule has 0 radical (unpaired) electrons. The van der Waals surface area contributed by atoms with Crippen molar-refractivity contribution in [3.05, 3.63) is 89.1 Å². The van der Waals surface area contributed by atoms with Crippen LogP contribution in [0.2, 0.25) is 0 Å². The average Bonchev–Trinajstić information content (AvgIpc) is 3.29. The van der Waals surface area contributed by atoms with Gasteiger partial charge in [-0.1, -0.05) is 53.7 Å². The summed E-state index contributed by atoms with van der Waals surface area (Å²) in [5.41, 5.74) is 7.35. The first kappa shape index (κ1) is 21.4. The molecule has 0 unspecified atom stereocenters. The SMILES string of the molecule is Cc1c(-c2ccc(C#N)cc2)ccc2c(CCC3CCN(Cc4ccccc4)CC3)noc12. The van der Waals surface area contributed by atoms with E-state index >= 15 is 0 Å². The molecule has 0 saturated carbocycles. The number of benzene rings is 3. The van der Waals surface area contributed by atoms with E-state index < -0.39 is 0 Å². The van der Waals surface area contributed by atoms with Crippen molar-refractivity contribution in [2.24, 2.45) is 5.92 Å². The summed E-state index contributed by atoms with van der Waals surface area (Å²) in [7, 11) is 0. The van der Waals surface area contributed by atoms with E-state index in [2.05, 4.69) is 65.5 Å². The van der Waals surface area contributed by atoms with Crippen LogP contribution in [0.5, 0.6) is 0 Å². The number of nitriles is 1. The van der Waals surface area contributed by atoms with Crippen LogP contribution in [0.1, 0.15) is 41.6 Å². The van der Waals surface area contributed by atoms with Crippen molar-refractivity contribution in [1.29, 1.82) is 5.26 Å². The van der Waals surface area contributed by atoms with Crippen molar-refractivity contribution in [3.8, 4) is 17.2 Å². The molecule has 1 saturated heterocycles. The average molecular weight is 436 g/mol. The van der Waals surface area contributed by atoms with Crippen LogP contribution in [0.3, 0.4) is 0 Å². The maximum atomic E-state index is 9.04. The Kier molecular flexibility index (Phi) is 6.24. The topological polar surface area (TPSA) is 53.1 Å². The number of likely N-dealkylation sites (tertiary alicyclic amines) is 1. The van der Waals surface area contributed by atoms with E-state index in [1.54, 1.807) is 0 Å². The number of fused-ring (bicyclic) bond motifs is 1. The Morgan fingerprint density at radius 3 is 2.48 bits per heavy atom. The number of piperidine rings is 1. The first-order valence-electron chi connectivity index (χ1n) is 11.9. The predicted octanol–water partition coefficient (Wildman–Crippen LogP) is 6.52. The van der Waals surface area contributed by atoms with Crippen molar-refractivity contribution < 1.29 is 4.52 Å². The van der Waals surface area contributed by atoms with E-state index in [1.807, 2.05) is 24.3 Å². The molecule has 1 aliphatic rings. The monoisotopic (exact) mass is 435 g/mol. The molecule has 5 rings (SSSR count). The Morgan fingerprint density at radius 1 is 1.00 bits per heavy atom. The van der Waals surface area contributed by atoms with Crippen LogP contribution < -0.4 is 0 Å². The second kappa shape index (κ2) is 9.60.